The summed E-state index contributed by atoms with van der Waals surface area (Å²) in [5.41, 5.74) is 0.556. The number of aliphatic hydroxyl groups excluding tert-OH is 1. The molecule has 0 radical (unpaired) electrons. The van der Waals surface area contributed by atoms with Crippen LogP contribution in [0.4, 0.5) is 0 Å². The van der Waals surface area contributed by atoms with E-state index in [9.17, 15) is 4.79 Å². The van der Waals surface area contributed by atoms with Gasteiger partial charge in [-0.25, -0.2) is 4.79 Å². The van der Waals surface area contributed by atoms with E-state index in [2.05, 4.69) is 0 Å². The molecule has 0 aromatic carbocycles. The summed E-state index contributed by atoms with van der Waals surface area (Å²) in [5, 5.41) is 8.42. The maximum Gasteiger partial charge on any atom is 0.333 e. The molecule has 0 atom stereocenters. The standard InChI is InChI=1S/C11H16O3/c1-3-14-11(13)10(2)8-6-4-5-7-9-12/h4-8,12H,3,9H2,1-2H3/b6-4+,7-5+,10-8+. The fraction of sp³-hybridized carbons (Fsp3) is 0.364. The summed E-state index contributed by atoms with van der Waals surface area (Å²) >= 11 is 0. The number of hydrogen-bond acceptors (Lipinski definition) is 3. The summed E-state index contributed by atoms with van der Waals surface area (Å²) in [4.78, 5) is 11.1. The van der Waals surface area contributed by atoms with Crippen LogP contribution in [-0.4, -0.2) is 24.3 Å². The van der Waals surface area contributed by atoms with E-state index in [1.807, 2.05) is 0 Å². The summed E-state index contributed by atoms with van der Waals surface area (Å²) in [7, 11) is 0. The van der Waals surface area contributed by atoms with Gasteiger partial charge in [-0.3, -0.25) is 0 Å². The minimum Gasteiger partial charge on any atom is -0.463 e. The maximum atomic E-state index is 11.1. The SMILES string of the molecule is CCOC(=O)/C(C)=C/C=C/C=C/CO. The number of hydrogen-bond donors (Lipinski definition) is 1. The number of ether oxygens (including phenoxy) is 1. The second-order valence-corrected chi connectivity index (χ2v) is 2.57. The summed E-state index contributed by atoms with van der Waals surface area (Å²) in [6, 6.07) is 0. The molecule has 0 amide bonds. The molecular formula is C11H16O3. The van der Waals surface area contributed by atoms with Gasteiger partial charge in [0.05, 0.1) is 13.2 Å². The molecule has 0 unspecified atom stereocenters. The summed E-state index contributed by atoms with van der Waals surface area (Å²) in [5.74, 6) is -0.303. The van der Waals surface area contributed by atoms with Crippen molar-refractivity contribution in [2.24, 2.45) is 0 Å². The van der Waals surface area contributed by atoms with Crippen LogP contribution in [-0.2, 0) is 9.53 Å². The molecule has 0 aliphatic carbocycles. The van der Waals surface area contributed by atoms with E-state index >= 15 is 0 Å². The highest BCUT2D eigenvalue weighted by Gasteiger charge is 2.01. The van der Waals surface area contributed by atoms with E-state index in [-0.39, 0.29) is 12.6 Å². The van der Waals surface area contributed by atoms with Crippen molar-refractivity contribution in [3.8, 4) is 0 Å². The van der Waals surface area contributed by atoms with Gasteiger partial charge in [0, 0.05) is 5.57 Å². The number of esters is 1. The fourth-order valence-electron chi connectivity index (χ4n) is 0.716. The third kappa shape index (κ3) is 6.20. The molecule has 0 aromatic heterocycles. The van der Waals surface area contributed by atoms with Gasteiger partial charge in [0.2, 0.25) is 0 Å². The smallest absolute Gasteiger partial charge is 0.333 e. The average Bonchev–Trinajstić information content (AvgIpc) is 2.17. The Morgan fingerprint density at radius 1 is 1.36 bits per heavy atom. The summed E-state index contributed by atoms with van der Waals surface area (Å²) in [6.07, 6.45) is 8.43. The van der Waals surface area contributed by atoms with Crippen molar-refractivity contribution in [3.05, 3.63) is 36.0 Å². The van der Waals surface area contributed by atoms with E-state index in [0.29, 0.717) is 12.2 Å². The second kappa shape index (κ2) is 8.26. The van der Waals surface area contributed by atoms with Crippen LogP contribution in [0.2, 0.25) is 0 Å². The van der Waals surface area contributed by atoms with Gasteiger partial charge in [-0.1, -0.05) is 30.4 Å². The molecular weight excluding hydrogens is 180 g/mol. The Kier molecular flexibility index (Phi) is 7.46. The predicted molar refractivity (Wildman–Crippen MR) is 55.8 cm³/mol. The monoisotopic (exact) mass is 196 g/mol. The van der Waals surface area contributed by atoms with Crippen LogP contribution < -0.4 is 0 Å². The molecule has 0 saturated carbocycles. The first-order valence-corrected chi connectivity index (χ1v) is 4.50. The fourth-order valence-corrected chi connectivity index (χ4v) is 0.716. The van der Waals surface area contributed by atoms with E-state index in [0.717, 1.165) is 0 Å². The molecule has 1 N–H and O–H groups in total. The number of allylic oxidation sites excluding steroid dienone is 4. The average molecular weight is 196 g/mol. The van der Waals surface area contributed by atoms with Crippen LogP contribution in [0.3, 0.4) is 0 Å². The lowest BCUT2D eigenvalue weighted by Gasteiger charge is -1.98. The van der Waals surface area contributed by atoms with Crippen molar-refractivity contribution in [2.75, 3.05) is 13.2 Å². The lowest BCUT2D eigenvalue weighted by Crippen LogP contribution is -2.04. The molecule has 0 heterocycles. The minimum atomic E-state index is -0.303. The molecule has 78 valence electrons. The van der Waals surface area contributed by atoms with Crippen LogP contribution >= 0.6 is 0 Å². The molecule has 0 bridgehead atoms. The van der Waals surface area contributed by atoms with Crippen LogP contribution in [0, 0.1) is 0 Å². The zero-order valence-corrected chi connectivity index (χ0v) is 8.56. The zero-order valence-electron chi connectivity index (χ0n) is 8.56. The Morgan fingerprint density at radius 3 is 2.64 bits per heavy atom. The van der Waals surface area contributed by atoms with Gasteiger partial charge in [-0.2, -0.15) is 0 Å². The highest BCUT2D eigenvalue weighted by molar-refractivity contribution is 5.88. The summed E-state index contributed by atoms with van der Waals surface area (Å²) in [6.45, 7) is 3.87. The Balaban J connectivity index is 4.04. The van der Waals surface area contributed by atoms with E-state index in [1.165, 1.54) is 0 Å². The van der Waals surface area contributed by atoms with Gasteiger partial charge >= 0.3 is 5.97 Å². The highest BCUT2D eigenvalue weighted by atomic mass is 16.5. The van der Waals surface area contributed by atoms with Gasteiger partial charge in [0.1, 0.15) is 0 Å². The summed E-state index contributed by atoms with van der Waals surface area (Å²) < 4.78 is 4.78. The van der Waals surface area contributed by atoms with Gasteiger partial charge < -0.3 is 9.84 Å². The van der Waals surface area contributed by atoms with E-state index < -0.39 is 0 Å². The Bertz CT molecular complexity index is 249. The minimum absolute atomic E-state index is 0.0188. The quantitative estimate of drug-likeness (QED) is 0.412. The molecule has 0 aliphatic rings. The molecule has 14 heavy (non-hydrogen) atoms. The van der Waals surface area contributed by atoms with E-state index in [4.69, 9.17) is 9.84 Å². The molecule has 0 aromatic rings. The van der Waals surface area contributed by atoms with Crippen LogP contribution in [0.1, 0.15) is 13.8 Å². The Hall–Kier alpha value is -1.35. The normalized spacial score (nSPS) is 12.6. The number of carbonyl (C=O) groups excluding carboxylic acids is 1. The first-order valence-electron chi connectivity index (χ1n) is 4.50. The molecule has 0 saturated heterocycles. The lowest BCUT2D eigenvalue weighted by molar-refractivity contribution is -0.138. The molecule has 0 rings (SSSR count). The molecule has 3 nitrogen and oxygen atoms in total. The Labute approximate surface area is 84.4 Å². The maximum absolute atomic E-state index is 11.1. The first kappa shape index (κ1) is 12.7. The van der Waals surface area contributed by atoms with Crippen molar-refractivity contribution in [3.63, 3.8) is 0 Å². The van der Waals surface area contributed by atoms with E-state index in [1.54, 1.807) is 44.2 Å². The third-order valence-electron chi connectivity index (χ3n) is 1.41. The molecule has 0 aliphatic heterocycles. The second-order valence-electron chi connectivity index (χ2n) is 2.57. The van der Waals surface area contributed by atoms with Gasteiger partial charge in [-0.05, 0) is 13.8 Å². The molecule has 0 fully saturated rings. The molecule has 0 spiro atoms. The van der Waals surface area contributed by atoms with Crippen LogP contribution in [0.15, 0.2) is 36.0 Å². The van der Waals surface area contributed by atoms with Gasteiger partial charge in [-0.15, -0.1) is 0 Å². The third-order valence-corrected chi connectivity index (χ3v) is 1.41. The van der Waals surface area contributed by atoms with Crippen molar-refractivity contribution in [2.45, 2.75) is 13.8 Å². The van der Waals surface area contributed by atoms with Gasteiger partial charge in [0.15, 0.2) is 0 Å². The van der Waals surface area contributed by atoms with Crippen molar-refractivity contribution in [1.29, 1.82) is 0 Å². The predicted octanol–water partition coefficient (Wildman–Crippen LogP) is 1.60. The Morgan fingerprint density at radius 2 is 2.07 bits per heavy atom. The number of carbonyl (C=O) groups is 1. The van der Waals surface area contributed by atoms with Gasteiger partial charge in [0.25, 0.3) is 0 Å². The van der Waals surface area contributed by atoms with Crippen molar-refractivity contribution < 1.29 is 14.6 Å². The highest BCUT2D eigenvalue weighted by Crippen LogP contribution is 1.96. The largest absolute Gasteiger partial charge is 0.463 e. The zero-order chi connectivity index (χ0) is 10.8. The van der Waals surface area contributed by atoms with Crippen LogP contribution in [0.5, 0.6) is 0 Å². The van der Waals surface area contributed by atoms with Crippen molar-refractivity contribution in [1.82, 2.24) is 0 Å². The lowest BCUT2D eigenvalue weighted by atomic mass is 10.3. The topological polar surface area (TPSA) is 46.5 Å². The molecule has 3 heteroatoms. The van der Waals surface area contributed by atoms with Crippen LogP contribution in [0.25, 0.3) is 0 Å². The number of aliphatic hydroxyl groups is 1. The number of rotatable bonds is 5. The van der Waals surface area contributed by atoms with Crippen molar-refractivity contribution >= 4 is 5.97 Å². The first-order chi connectivity index (χ1) is 6.72.